The summed E-state index contributed by atoms with van der Waals surface area (Å²) >= 11 is 0. The van der Waals surface area contributed by atoms with Crippen LogP contribution in [0.3, 0.4) is 0 Å². The molecule has 2 aromatic carbocycles. The van der Waals surface area contributed by atoms with Crippen LogP contribution in [-0.2, 0) is 0 Å². The fourth-order valence-electron chi connectivity index (χ4n) is 2.09. The maximum absolute atomic E-state index is 5.30. The number of fused-ring (bicyclic) bond motifs is 1. The van der Waals surface area contributed by atoms with Gasteiger partial charge in [-0.05, 0) is 0 Å². The summed E-state index contributed by atoms with van der Waals surface area (Å²) in [5, 5.41) is 0. The van der Waals surface area contributed by atoms with Gasteiger partial charge in [0, 0.05) is 17.7 Å². The maximum atomic E-state index is 5.30. The zero-order valence-electron chi connectivity index (χ0n) is 11.7. The molecule has 0 N–H and O–H groups in total. The van der Waals surface area contributed by atoms with Crippen molar-refractivity contribution in [3.8, 4) is 22.8 Å². The number of rotatable bonds is 3. The van der Waals surface area contributed by atoms with Gasteiger partial charge in [0.1, 0.15) is 0 Å². The summed E-state index contributed by atoms with van der Waals surface area (Å²) in [7, 11) is 3.22. The Balaban J connectivity index is 0.00000161. The molecule has 0 saturated carbocycles. The molecule has 0 fully saturated rings. The molecule has 1 heterocycles. The van der Waals surface area contributed by atoms with Crippen LogP contribution in [0.25, 0.3) is 22.3 Å². The van der Waals surface area contributed by atoms with Gasteiger partial charge in [0.2, 0.25) is 0 Å². The van der Waals surface area contributed by atoms with Gasteiger partial charge >= 0.3 is 0 Å². The molecule has 3 aromatic rings. The van der Waals surface area contributed by atoms with E-state index in [1.165, 1.54) is 0 Å². The fraction of sp³-hybridized carbons (Fsp3) is 0.125. The summed E-state index contributed by atoms with van der Waals surface area (Å²) in [5.74, 6) is 1.31. The molecule has 5 heteroatoms. The van der Waals surface area contributed by atoms with Crippen LogP contribution in [0.1, 0.15) is 0 Å². The molecule has 3 rings (SSSR count). The average Bonchev–Trinajstić information content (AvgIpc) is 2.53. The van der Waals surface area contributed by atoms with Crippen LogP contribution in [0.4, 0.5) is 0 Å². The normalized spacial score (nSPS) is 10.0. The molecular weight excluding hydrogens is 288 g/mol. The van der Waals surface area contributed by atoms with Crippen LogP contribution in [-0.4, -0.2) is 24.2 Å². The third-order valence-electron chi connectivity index (χ3n) is 3.12. The Kier molecular flexibility index (Phi) is 4.60. The lowest BCUT2D eigenvalue weighted by molar-refractivity contribution is 0.355. The van der Waals surface area contributed by atoms with Crippen molar-refractivity contribution in [1.82, 2.24) is 9.97 Å². The number of halogens is 1. The van der Waals surface area contributed by atoms with Crippen LogP contribution in [0, 0.1) is 0 Å². The molecule has 0 aliphatic heterocycles. The Hall–Kier alpha value is -2.33. The zero-order chi connectivity index (χ0) is 13.9. The lowest BCUT2D eigenvalue weighted by Gasteiger charge is -2.09. The van der Waals surface area contributed by atoms with Crippen molar-refractivity contribution in [3.63, 3.8) is 0 Å². The average molecular weight is 303 g/mol. The molecule has 1 aromatic heterocycles. The molecule has 4 nitrogen and oxygen atoms in total. The van der Waals surface area contributed by atoms with Gasteiger partial charge in [-0.3, -0.25) is 4.98 Å². The maximum Gasteiger partial charge on any atom is 0.163 e. The van der Waals surface area contributed by atoms with Crippen molar-refractivity contribution < 1.29 is 9.47 Å². The van der Waals surface area contributed by atoms with Crippen LogP contribution in [0.15, 0.2) is 48.7 Å². The first-order chi connectivity index (χ1) is 9.81. The highest BCUT2D eigenvalue weighted by Crippen LogP contribution is 2.31. The van der Waals surface area contributed by atoms with E-state index in [0.717, 1.165) is 22.3 Å². The Bertz CT molecular complexity index is 748. The number of hydrogen-bond donors (Lipinski definition) is 0. The molecule has 0 saturated heterocycles. The van der Waals surface area contributed by atoms with Gasteiger partial charge in [0.05, 0.1) is 37.1 Å². The first kappa shape index (κ1) is 15.1. The standard InChI is InChI=1S/C16H14N2O2.ClH/c1-19-15-8-12-13(9-16(15)20-2)18-14(10-17-12)11-6-4-3-5-7-11;/h3-10H,1-2H3;1H. The lowest BCUT2D eigenvalue weighted by atomic mass is 10.1. The van der Waals surface area contributed by atoms with E-state index >= 15 is 0 Å². The number of hydrogen-bond acceptors (Lipinski definition) is 4. The van der Waals surface area contributed by atoms with E-state index < -0.39 is 0 Å². The van der Waals surface area contributed by atoms with E-state index in [2.05, 4.69) is 9.97 Å². The van der Waals surface area contributed by atoms with E-state index in [-0.39, 0.29) is 12.4 Å². The minimum absolute atomic E-state index is 0. The third kappa shape index (κ3) is 2.90. The van der Waals surface area contributed by atoms with Gasteiger partial charge < -0.3 is 9.47 Å². The molecule has 108 valence electrons. The fourth-order valence-corrected chi connectivity index (χ4v) is 2.09. The minimum atomic E-state index is 0. The monoisotopic (exact) mass is 302 g/mol. The summed E-state index contributed by atoms with van der Waals surface area (Å²) in [6.45, 7) is 0. The Morgan fingerprint density at radius 2 is 1.48 bits per heavy atom. The van der Waals surface area contributed by atoms with Gasteiger partial charge in [-0.1, -0.05) is 30.3 Å². The second kappa shape index (κ2) is 6.41. The van der Waals surface area contributed by atoms with Gasteiger partial charge in [-0.15, -0.1) is 12.4 Å². The topological polar surface area (TPSA) is 44.2 Å². The number of nitrogens with zero attached hydrogens (tertiary/aromatic N) is 2. The summed E-state index contributed by atoms with van der Waals surface area (Å²) in [4.78, 5) is 9.07. The van der Waals surface area contributed by atoms with Crippen molar-refractivity contribution >= 4 is 23.4 Å². The van der Waals surface area contributed by atoms with Crippen molar-refractivity contribution in [2.75, 3.05) is 14.2 Å². The van der Waals surface area contributed by atoms with Crippen molar-refractivity contribution in [2.45, 2.75) is 0 Å². The van der Waals surface area contributed by atoms with Crippen molar-refractivity contribution in [2.24, 2.45) is 0 Å². The molecule has 0 unspecified atom stereocenters. The molecule has 21 heavy (non-hydrogen) atoms. The van der Waals surface area contributed by atoms with Crippen LogP contribution in [0.5, 0.6) is 11.5 Å². The molecule has 0 aliphatic carbocycles. The summed E-state index contributed by atoms with van der Waals surface area (Å²) in [5.41, 5.74) is 3.44. The van der Waals surface area contributed by atoms with Crippen LogP contribution in [0.2, 0.25) is 0 Å². The predicted molar refractivity (Wildman–Crippen MR) is 85.3 cm³/mol. The number of methoxy groups -OCH3 is 2. The highest BCUT2D eigenvalue weighted by Gasteiger charge is 2.09. The quantitative estimate of drug-likeness (QED) is 0.739. The zero-order valence-corrected chi connectivity index (χ0v) is 12.6. The summed E-state index contributed by atoms with van der Waals surface area (Å²) in [6, 6.07) is 13.6. The first-order valence-electron chi connectivity index (χ1n) is 6.26. The van der Waals surface area contributed by atoms with E-state index in [0.29, 0.717) is 11.5 Å². The second-order valence-electron chi connectivity index (χ2n) is 4.32. The molecule has 0 bridgehead atoms. The Morgan fingerprint density at radius 1 is 0.857 bits per heavy atom. The van der Waals surface area contributed by atoms with Gasteiger partial charge in [-0.2, -0.15) is 0 Å². The Morgan fingerprint density at radius 3 is 2.10 bits per heavy atom. The summed E-state index contributed by atoms with van der Waals surface area (Å²) < 4.78 is 10.6. The van der Waals surface area contributed by atoms with Gasteiger partial charge in [0.15, 0.2) is 11.5 Å². The van der Waals surface area contributed by atoms with Gasteiger partial charge in [0.25, 0.3) is 0 Å². The highest BCUT2D eigenvalue weighted by atomic mass is 35.5. The largest absolute Gasteiger partial charge is 0.493 e. The van der Waals surface area contributed by atoms with Crippen LogP contribution >= 0.6 is 12.4 Å². The summed E-state index contributed by atoms with van der Waals surface area (Å²) in [6.07, 6.45) is 1.77. The third-order valence-corrected chi connectivity index (χ3v) is 3.12. The molecule has 0 radical (unpaired) electrons. The second-order valence-corrected chi connectivity index (χ2v) is 4.32. The lowest BCUT2D eigenvalue weighted by Crippen LogP contribution is -1.94. The SMILES string of the molecule is COc1cc2ncc(-c3ccccc3)nc2cc1OC.Cl. The minimum Gasteiger partial charge on any atom is -0.493 e. The molecular formula is C16H15ClN2O2. The van der Waals surface area contributed by atoms with E-state index in [9.17, 15) is 0 Å². The smallest absolute Gasteiger partial charge is 0.163 e. The van der Waals surface area contributed by atoms with Gasteiger partial charge in [-0.25, -0.2) is 4.98 Å². The van der Waals surface area contributed by atoms with E-state index in [1.54, 1.807) is 20.4 Å². The number of benzene rings is 2. The number of aromatic nitrogens is 2. The van der Waals surface area contributed by atoms with Crippen molar-refractivity contribution in [3.05, 3.63) is 48.7 Å². The molecule has 0 atom stereocenters. The van der Waals surface area contributed by atoms with E-state index in [4.69, 9.17) is 9.47 Å². The van der Waals surface area contributed by atoms with Crippen LogP contribution < -0.4 is 9.47 Å². The predicted octanol–water partition coefficient (Wildman–Crippen LogP) is 3.74. The first-order valence-corrected chi connectivity index (χ1v) is 6.26. The number of ether oxygens (including phenoxy) is 2. The van der Waals surface area contributed by atoms with E-state index in [1.807, 2.05) is 42.5 Å². The molecule has 0 spiro atoms. The molecule has 0 amide bonds. The Labute approximate surface area is 129 Å². The molecule has 0 aliphatic rings. The van der Waals surface area contributed by atoms with Crippen molar-refractivity contribution in [1.29, 1.82) is 0 Å². The highest BCUT2D eigenvalue weighted by molar-refractivity contribution is 5.85.